The van der Waals surface area contributed by atoms with Gasteiger partial charge in [-0.15, -0.1) is 0 Å². The summed E-state index contributed by atoms with van der Waals surface area (Å²) < 4.78 is 47.0. The summed E-state index contributed by atoms with van der Waals surface area (Å²) in [6, 6.07) is 13.2. The van der Waals surface area contributed by atoms with Crippen LogP contribution in [0, 0.1) is 6.92 Å². The summed E-state index contributed by atoms with van der Waals surface area (Å²) in [7, 11) is 1.67. The van der Waals surface area contributed by atoms with Gasteiger partial charge in [-0.1, -0.05) is 46.3 Å². The Bertz CT molecular complexity index is 1580. The van der Waals surface area contributed by atoms with E-state index in [4.69, 9.17) is 0 Å². The number of halogens is 5. The summed E-state index contributed by atoms with van der Waals surface area (Å²) in [4.78, 5) is 26.5. The number of anilines is 2. The van der Waals surface area contributed by atoms with Crippen molar-refractivity contribution in [3.05, 3.63) is 90.8 Å². The maximum absolute atomic E-state index is 14.1. The van der Waals surface area contributed by atoms with Gasteiger partial charge >= 0.3 is 6.18 Å². The molecule has 0 aliphatic carbocycles. The van der Waals surface area contributed by atoms with E-state index in [2.05, 4.69) is 47.6 Å². The lowest BCUT2D eigenvalue weighted by atomic mass is 9.97. The number of benzene rings is 2. The molecule has 0 bridgehead atoms. The van der Waals surface area contributed by atoms with Gasteiger partial charge in [0.25, 0.3) is 11.5 Å². The second-order valence-electron chi connectivity index (χ2n) is 8.89. The lowest BCUT2D eigenvalue weighted by Crippen LogP contribution is -2.35. The summed E-state index contributed by atoms with van der Waals surface area (Å²) in [5, 5.41) is 9.69. The topological polar surface area (TPSA) is 85.9 Å². The number of alkyl halides is 3. The first kappa shape index (κ1) is 26.3. The SMILES string of the molecule is Cc1c(NC(=O)c2nn3c(c2Br)N[C@@H](c2ccc(Br)cc2)C[C@H]3C(F)(F)F)c(=O)n(-c2ccccc2)n1C. The van der Waals surface area contributed by atoms with Crippen molar-refractivity contribution in [2.75, 3.05) is 10.6 Å². The summed E-state index contributed by atoms with van der Waals surface area (Å²) in [5.74, 6) is -0.782. The number of hydrogen-bond donors (Lipinski definition) is 2. The molecule has 3 heterocycles. The molecule has 13 heteroatoms. The largest absolute Gasteiger partial charge is 0.410 e. The van der Waals surface area contributed by atoms with Crippen LogP contribution in [0.5, 0.6) is 0 Å². The molecule has 8 nitrogen and oxygen atoms in total. The standard InChI is InChI=1S/C25H21Br2F3N6O2/c1-13-20(24(38)36(34(13)2)16-6-4-3-5-7-16)32-23(37)21-19(27)22-31-17(14-8-10-15(26)11-9-14)12-18(25(28,29)30)35(22)33-21/h3-11,17-18,31H,12H2,1-2H3,(H,32,37)/t17-,18+/m1/s1. The molecule has 0 radical (unpaired) electrons. The molecule has 0 spiro atoms. The number of fused-ring (bicyclic) bond motifs is 1. The molecule has 2 N–H and O–H groups in total. The second kappa shape index (κ2) is 9.77. The summed E-state index contributed by atoms with van der Waals surface area (Å²) in [6.07, 6.45) is -4.92. The molecule has 2 atom stereocenters. The van der Waals surface area contributed by atoms with Crippen LogP contribution in [0.2, 0.25) is 0 Å². The second-order valence-corrected chi connectivity index (χ2v) is 10.6. The Morgan fingerprint density at radius 3 is 2.39 bits per heavy atom. The van der Waals surface area contributed by atoms with Gasteiger partial charge in [0.05, 0.1) is 21.9 Å². The number of nitrogens with zero attached hydrogens (tertiary/aromatic N) is 4. The van der Waals surface area contributed by atoms with Gasteiger partial charge in [0, 0.05) is 17.9 Å². The number of rotatable bonds is 4. The molecule has 38 heavy (non-hydrogen) atoms. The van der Waals surface area contributed by atoms with E-state index in [0.717, 1.165) is 9.15 Å². The molecule has 0 fully saturated rings. The fourth-order valence-corrected chi connectivity index (χ4v) is 5.35. The summed E-state index contributed by atoms with van der Waals surface area (Å²) >= 11 is 6.61. The number of aromatic nitrogens is 4. The highest BCUT2D eigenvalue weighted by Crippen LogP contribution is 2.46. The molecule has 198 valence electrons. The van der Waals surface area contributed by atoms with E-state index < -0.39 is 29.7 Å². The highest BCUT2D eigenvalue weighted by atomic mass is 79.9. The Hall–Kier alpha value is -3.32. The van der Waals surface area contributed by atoms with Crippen molar-refractivity contribution in [1.82, 2.24) is 19.1 Å². The van der Waals surface area contributed by atoms with E-state index in [1.165, 1.54) is 4.68 Å². The predicted octanol–water partition coefficient (Wildman–Crippen LogP) is 6.12. The van der Waals surface area contributed by atoms with E-state index >= 15 is 0 Å². The minimum absolute atomic E-state index is 0.00675. The third kappa shape index (κ3) is 4.57. The molecule has 2 aromatic carbocycles. The van der Waals surface area contributed by atoms with Gasteiger partial charge in [0.2, 0.25) is 0 Å². The van der Waals surface area contributed by atoms with Crippen molar-refractivity contribution in [3.8, 4) is 5.69 Å². The van der Waals surface area contributed by atoms with E-state index in [-0.39, 0.29) is 28.1 Å². The molecule has 0 saturated heterocycles. The zero-order valence-corrected chi connectivity index (χ0v) is 23.2. The van der Waals surface area contributed by atoms with Gasteiger partial charge in [-0.25, -0.2) is 9.36 Å². The Labute approximate surface area is 231 Å². The Morgan fingerprint density at radius 2 is 1.76 bits per heavy atom. The van der Waals surface area contributed by atoms with Gasteiger partial charge in [-0.3, -0.25) is 14.3 Å². The zero-order chi connectivity index (χ0) is 27.4. The maximum atomic E-state index is 14.1. The Kier molecular flexibility index (Phi) is 6.76. The molecular weight excluding hydrogens is 633 g/mol. The van der Waals surface area contributed by atoms with Crippen molar-refractivity contribution < 1.29 is 18.0 Å². The van der Waals surface area contributed by atoms with E-state index in [1.54, 1.807) is 67.2 Å². The highest BCUT2D eigenvalue weighted by Gasteiger charge is 2.47. The maximum Gasteiger partial charge on any atom is 0.410 e. The molecule has 2 aromatic heterocycles. The molecular formula is C25H21Br2F3N6O2. The number of amides is 1. The number of nitrogens with one attached hydrogen (secondary N) is 2. The van der Waals surface area contributed by atoms with Crippen LogP contribution in [-0.2, 0) is 7.05 Å². The predicted molar refractivity (Wildman–Crippen MR) is 144 cm³/mol. The van der Waals surface area contributed by atoms with E-state index in [1.807, 2.05) is 6.07 Å². The Balaban J connectivity index is 1.51. The minimum atomic E-state index is -4.61. The van der Waals surface area contributed by atoms with Crippen LogP contribution < -0.4 is 16.2 Å². The zero-order valence-electron chi connectivity index (χ0n) is 20.1. The fraction of sp³-hybridized carbons (Fsp3) is 0.240. The summed E-state index contributed by atoms with van der Waals surface area (Å²) in [6.45, 7) is 1.66. The first-order chi connectivity index (χ1) is 18.0. The smallest absolute Gasteiger partial charge is 0.362 e. The molecule has 1 amide bonds. The molecule has 0 unspecified atom stereocenters. The van der Waals surface area contributed by atoms with Crippen molar-refractivity contribution in [1.29, 1.82) is 0 Å². The summed E-state index contributed by atoms with van der Waals surface area (Å²) in [5.41, 5.74) is 0.979. The van der Waals surface area contributed by atoms with Crippen LogP contribution in [0.4, 0.5) is 24.7 Å². The van der Waals surface area contributed by atoms with Crippen LogP contribution in [0.3, 0.4) is 0 Å². The molecule has 5 rings (SSSR count). The molecule has 0 saturated carbocycles. The number of hydrogen-bond acceptors (Lipinski definition) is 4. The van der Waals surface area contributed by atoms with Crippen LogP contribution in [0.25, 0.3) is 5.69 Å². The monoisotopic (exact) mass is 652 g/mol. The average molecular weight is 654 g/mol. The van der Waals surface area contributed by atoms with Crippen LogP contribution in [-0.4, -0.2) is 31.2 Å². The van der Waals surface area contributed by atoms with Gasteiger partial charge in [-0.05, 0) is 52.7 Å². The van der Waals surface area contributed by atoms with Gasteiger partial charge in [-0.2, -0.15) is 18.3 Å². The van der Waals surface area contributed by atoms with Crippen LogP contribution in [0.1, 0.15) is 40.3 Å². The van der Waals surface area contributed by atoms with E-state index in [0.29, 0.717) is 16.9 Å². The first-order valence-electron chi connectivity index (χ1n) is 11.5. The lowest BCUT2D eigenvalue weighted by molar-refractivity contribution is -0.173. The first-order valence-corrected chi connectivity index (χ1v) is 13.1. The van der Waals surface area contributed by atoms with Crippen molar-refractivity contribution in [3.63, 3.8) is 0 Å². The van der Waals surface area contributed by atoms with Gasteiger partial charge in [0.1, 0.15) is 11.5 Å². The lowest BCUT2D eigenvalue weighted by Gasteiger charge is -2.33. The Morgan fingerprint density at radius 1 is 1.11 bits per heavy atom. The molecule has 1 aliphatic rings. The van der Waals surface area contributed by atoms with Crippen LogP contribution >= 0.6 is 31.9 Å². The normalized spacial score (nSPS) is 17.1. The number of para-hydroxylation sites is 1. The van der Waals surface area contributed by atoms with Crippen molar-refractivity contribution >= 4 is 49.3 Å². The fourth-order valence-electron chi connectivity index (χ4n) is 4.53. The average Bonchev–Trinajstić information content (AvgIpc) is 3.32. The van der Waals surface area contributed by atoms with Crippen LogP contribution in [0.15, 0.2) is 68.3 Å². The highest BCUT2D eigenvalue weighted by molar-refractivity contribution is 9.11. The van der Waals surface area contributed by atoms with Gasteiger partial charge < -0.3 is 10.6 Å². The van der Waals surface area contributed by atoms with Crippen molar-refractivity contribution in [2.24, 2.45) is 7.05 Å². The number of carbonyl (C=O) groups excluding carboxylic acids is 1. The van der Waals surface area contributed by atoms with Gasteiger partial charge in [0.15, 0.2) is 11.7 Å². The van der Waals surface area contributed by atoms with E-state index in [9.17, 15) is 22.8 Å². The quantitative estimate of drug-likeness (QED) is 0.278. The third-order valence-corrected chi connectivity index (χ3v) is 7.86. The molecule has 4 aromatic rings. The number of carbonyl (C=O) groups is 1. The third-order valence-electron chi connectivity index (χ3n) is 6.58. The molecule has 1 aliphatic heterocycles. The van der Waals surface area contributed by atoms with Crippen molar-refractivity contribution in [2.45, 2.75) is 31.6 Å². The minimum Gasteiger partial charge on any atom is -0.362 e.